The maximum atomic E-state index is 5.69. The van der Waals surface area contributed by atoms with Crippen LogP contribution in [-0.2, 0) is 0 Å². The maximum absolute atomic E-state index is 5.69. The van der Waals surface area contributed by atoms with Crippen LogP contribution in [0.4, 0.5) is 0 Å². The van der Waals surface area contributed by atoms with Crippen molar-refractivity contribution in [2.45, 2.75) is 0 Å². The Morgan fingerprint density at radius 3 is 1.14 bits per heavy atom. The molecule has 0 amide bonds. The SMILES string of the molecule is c1ccc(-c2nc(-c3c(-n4c5ccccc5c5ncccc54)cc(-n4c5ccccc5c5ncccc54)cc3-n3c4ccccc4c4ncccc43)nc(-n3c4ccccc4c4ccccc43)n2)cc1. The lowest BCUT2D eigenvalue weighted by molar-refractivity contribution is 0.949. The number of hydrogen-bond acceptors (Lipinski definition) is 6. The van der Waals surface area contributed by atoms with Crippen molar-refractivity contribution in [2.24, 2.45) is 0 Å². The Hall–Kier alpha value is -9.80. The minimum absolute atomic E-state index is 0.496. The lowest BCUT2D eigenvalue weighted by Crippen LogP contribution is -2.11. The second-order valence-electron chi connectivity index (χ2n) is 17.5. The van der Waals surface area contributed by atoms with Crippen LogP contribution in [0.2, 0.25) is 0 Å². The van der Waals surface area contributed by atoms with Crippen molar-refractivity contribution in [1.82, 2.24) is 48.2 Å². The van der Waals surface area contributed by atoms with E-state index in [0.717, 1.165) is 116 Å². The Labute approximate surface area is 398 Å². The molecule has 10 nitrogen and oxygen atoms in total. The van der Waals surface area contributed by atoms with E-state index in [-0.39, 0.29) is 0 Å². The molecule has 0 saturated carbocycles. The monoisotopic (exact) mass is 896 g/mol. The number of aromatic nitrogens is 10. The van der Waals surface area contributed by atoms with Crippen LogP contribution in [0.1, 0.15) is 0 Å². The first-order valence-electron chi connectivity index (χ1n) is 23.3. The summed E-state index contributed by atoms with van der Waals surface area (Å²) in [6.07, 6.45) is 5.61. The predicted octanol–water partition coefficient (Wildman–Crippen LogP) is 13.8. The highest BCUT2D eigenvalue weighted by atomic mass is 15.2. The van der Waals surface area contributed by atoms with Crippen LogP contribution in [0.3, 0.4) is 0 Å². The molecule has 15 rings (SSSR count). The molecule has 8 heterocycles. The summed E-state index contributed by atoms with van der Waals surface area (Å²) in [6, 6.07) is 69.7. The van der Waals surface area contributed by atoms with Crippen LogP contribution >= 0.6 is 0 Å². The van der Waals surface area contributed by atoms with Gasteiger partial charge in [-0.1, -0.05) is 121 Å². The molecule has 10 heteroatoms. The normalized spacial score (nSPS) is 12.0. The van der Waals surface area contributed by atoms with E-state index in [0.29, 0.717) is 17.6 Å². The van der Waals surface area contributed by atoms with E-state index in [1.54, 1.807) is 0 Å². The van der Waals surface area contributed by atoms with Crippen molar-refractivity contribution in [3.05, 3.63) is 219 Å². The molecule has 15 aromatic rings. The summed E-state index contributed by atoms with van der Waals surface area (Å²) in [5.41, 5.74) is 14.9. The van der Waals surface area contributed by atoms with E-state index in [1.807, 2.05) is 55.0 Å². The van der Waals surface area contributed by atoms with E-state index in [4.69, 9.17) is 29.9 Å². The van der Waals surface area contributed by atoms with Gasteiger partial charge in [0.25, 0.3) is 0 Å². The molecule has 70 heavy (non-hydrogen) atoms. The van der Waals surface area contributed by atoms with Crippen LogP contribution in [0.25, 0.3) is 133 Å². The van der Waals surface area contributed by atoms with Crippen molar-refractivity contribution >= 4 is 87.6 Å². The molecule has 0 radical (unpaired) electrons. The zero-order valence-electron chi connectivity index (χ0n) is 37.3. The van der Waals surface area contributed by atoms with Crippen molar-refractivity contribution in [1.29, 1.82) is 0 Å². The third-order valence-electron chi connectivity index (χ3n) is 13.8. The van der Waals surface area contributed by atoms with E-state index >= 15 is 0 Å². The number of hydrogen-bond donors (Lipinski definition) is 0. The Morgan fingerprint density at radius 2 is 0.657 bits per heavy atom. The second kappa shape index (κ2) is 14.9. The Morgan fingerprint density at radius 1 is 0.286 bits per heavy atom. The van der Waals surface area contributed by atoms with E-state index in [9.17, 15) is 0 Å². The van der Waals surface area contributed by atoms with Gasteiger partial charge in [-0.05, 0) is 78.9 Å². The minimum Gasteiger partial charge on any atom is -0.307 e. The van der Waals surface area contributed by atoms with E-state index in [2.05, 4.69) is 182 Å². The van der Waals surface area contributed by atoms with Gasteiger partial charge >= 0.3 is 0 Å². The molecule has 0 N–H and O–H groups in total. The molecule has 0 atom stereocenters. The fraction of sp³-hybridized carbons (Fsp3) is 0. The van der Waals surface area contributed by atoms with Gasteiger partial charge in [0.1, 0.15) is 0 Å². The number of nitrogens with zero attached hydrogens (tertiary/aromatic N) is 10. The van der Waals surface area contributed by atoms with Crippen LogP contribution < -0.4 is 0 Å². The Bertz CT molecular complexity index is 4270. The molecule has 0 unspecified atom stereocenters. The van der Waals surface area contributed by atoms with Gasteiger partial charge in [-0.3, -0.25) is 19.5 Å². The average molecular weight is 897 g/mol. The number of benzene rings is 7. The molecule has 0 saturated heterocycles. The lowest BCUT2D eigenvalue weighted by Gasteiger charge is -2.22. The van der Waals surface area contributed by atoms with Crippen LogP contribution in [0.5, 0.6) is 0 Å². The Kier molecular flexibility index (Phi) is 8.13. The second-order valence-corrected chi connectivity index (χ2v) is 17.5. The number of rotatable bonds is 6. The van der Waals surface area contributed by atoms with Gasteiger partial charge in [0, 0.05) is 51.1 Å². The van der Waals surface area contributed by atoms with Crippen molar-refractivity contribution < 1.29 is 0 Å². The van der Waals surface area contributed by atoms with Crippen molar-refractivity contribution in [3.63, 3.8) is 0 Å². The third kappa shape index (κ3) is 5.49. The predicted molar refractivity (Wildman–Crippen MR) is 281 cm³/mol. The molecule has 0 bridgehead atoms. The highest BCUT2D eigenvalue weighted by molar-refractivity contribution is 6.12. The van der Waals surface area contributed by atoms with Crippen molar-refractivity contribution in [3.8, 4) is 45.8 Å². The first kappa shape index (κ1) is 38.3. The quantitative estimate of drug-likeness (QED) is 0.165. The number of fused-ring (bicyclic) bond motifs is 12. The van der Waals surface area contributed by atoms with E-state index < -0.39 is 0 Å². The fourth-order valence-electron chi connectivity index (χ4n) is 10.9. The molecule has 0 spiro atoms. The first-order valence-corrected chi connectivity index (χ1v) is 23.3. The zero-order valence-corrected chi connectivity index (χ0v) is 37.3. The summed E-state index contributed by atoms with van der Waals surface area (Å²) in [6.45, 7) is 0. The van der Waals surface area contributed by atoms with E-state index in [1.165, 1.54) is 0 Å². The first-order chi connectivity index (χ1) is 34.8. The highest BCUT2D eigenvalue weighted by Gasteiger charge is 2.28. The summed E-state index contributed by atoms with van der Waals surface area (Å²) >= 11 is 0. The largest absolute Gasteiger partial charge is 0.307 e. The molecule has 0 aliphatic heterocycles. The van der Waals surface area contributed by atoms with Gasteiger partial charge in [-0.25, -0.2) is 4.98 Å². The van der Waals surface area contributed by atoms with Gasteiger partial charge in [0.2, 0.25) is 5.95 Å². The smallest absolute Gasteiger partial charge is 0.238 e. The summed E-state index contributed by atoms with van der Waals surface area (Å²) < 4.78 is 9.18. The van der Waals surface area contributed by atoms with Crippen LogP contribution in [0.15, 0.2) is 219 Å². The molecule has 0 aliphatic carbocycles. The highest BCUT2D eigenvalue weighted by Crippen LogP contribution is 2.44. The number of para-hydroxylation sites is 5. The minimum atomic E-state index is 0.496. The molecule has 326 valence electrons. The molecule has 0 aliphatic rings. The maximum Gasteiger partial charge on any atom is 0.238 e. The van der Waals surface area contributed by atoms with Crippen LogP contribution in [-0.4, -0.2) is 48.2 Å². The van der Waals surface area contributed by atoms with Gasteiger partial charge in [-0.15, -0.1) is 0 Å². The zero-order chi connectivity index (χ0) is 45.9. The number of pyridine rings is 3. The topological polar surface area (TPSA) is 97.1 Å². The summed E-state index contributed by atoms with van der Waals surface area (Å²) in [5.74, 6) is 1.55. The van der Waals surface area contributed by atoms with Gasteiger partial charge in [-0.2, -0.15) is 9.97 Å². The van der Waals surface area contributed by atoms with Crippen molar-refractivity contribution in [2.75, 3.05) is 0 Å². The molecule has 8 aromatic heterocycles. The molecule has 0 fully saturated rings. The summed E-state index contributed by atoms with van der Waals surface area (Å²) in [7, 11) is 0. The lowest BCUT2D eigenvalue weighted by atomic mass is 10.1. The average Bonchev–Trinajstić information content (AvgIpc) is 4.16. The van der Waals surface area contributed by atoms with Crippen LogP contribution in [0, 0.1) is 0 Å². The Balaban J connectivity index is 1.18. The van der Waals surface area contributed by atoms with Gasteiger partial charge in [0.05, 0.1) is 83.3 Å². The molecular formula is C60H36N10. The molecule has 7 aromatic carbocycles. The summed E-state index contributed by atoms with van der Waals surface area (Å²) in [5, 5.41) is 5.36. The summed E-state index contributed by atoms with van der Waals surface area (Å²) in [4.78, 5) is 31.7. The van der Waals surface area contributed by atoms with Gasteiger partial charge in [0.15, 0.2) is 11.6 Å². The molecular weight excluding hydrogens is 861 g/mol. The van der Waals surface area contributed by atoms with Gasteiger partial charge < -0.3 is 13.7 Å². The fourth-order valence-corrected chi connectivity index (χ4v) is 10.9. The standard InChI is InChI=1S/C60H36N10/c1-2-17-37(18-3-1)58-64-59(66-60(65-58)70-44-24-9-4-19-39(44)40-20-5-10-25-45(40)70)54-52(68-47-27-12-7-22-42(47)56-50(68)30-15-33-62-56)35-38(67-46-26-11-6-21-41(46)55-49(67)29-14-32-61-55)36-53(54)69-48-28-13-8-23-43(48)57-51(69)31-16-34-63-57/h1-36H. The third-order valence-corrected chi connectivity index (χ3v) is 13.8.